The first kappa shape index (κ1) is 20.8. The number of hydrogen-bond acceptors (Lipinski definition) is 3. The summed E-state index contributed by atoms with van der Waals surface area (Å²) in [5, 5.41) is 14.2. The Bertz CT molecular complexity index is 824. The molecule has 2 atom stereocenters. The van der Waals surface area contributed by atoms with E-state index >= 15 is 0 Å². The number of nitrogens with one attached hydrogen (secondary N) is 1. The van der Waals surface area contributed by atoms with Crippen molar-refractivity contribution in [3.8, 4) is 0 Å². The van der Waals surface area contributed by atoms with E-state index in [1.165, 1.54) is 11.1 Å². The normalized spacial score (nSPS) is 24.2. The number of rotatable bonds is 3. The van der Waals surface area contributed by atoms with E-state index in [1.54, 1.807) is 0 Å². The topological polar surface area (TPSA) is 52.6 Å². The number of benzene rings is 2. The van der Waals surface area contributed by atoms with Crippen LogP contribution in [0.4, 0.5) is 0 Å². The van der Waals surface area contributed by atoms with E-state index in [-0.39, 0.29) is 24.2 Å². The maximum absolute atomic E-state index is 13.3. The highest BCUT2D eigenvalue weighted by Gasteiger charge is 2.44. The lowest BCUT2D eigenvalue weighted by Crippen LogP contribution is -2.59. The Morgan fingerprint density at radius 3 is 2.71 bits per heavy atom. The lowest BCUT2D eigenvalue weighted by Gasteiger charge is -2.47. The smallest absolute Gasteiger partial charge is 0.254 e. The Hall–Kier alpha value is -1.88. The van der Waals surface area contributed by atoms with Crippen LogP contribution in [-0.2, 0) is 6.42 Å². The molecule has 150 valence electrons. The average Bonchev–Trinajstić information content (AvgIpc) is 2.69. The van der Waals surface area contributed by atoms with Gasteiger partial charge in [-0.05, 0) is 49.9 Å². The Kier molecular flexibility index (Phi) is 6.43. The quantitative estimate of drug-likeness (QED) is 0.831. The molecule has 0 bridgehead atoms. The highest BCUT2D eigenvalue weighted by molar-refractivity contribution is 5.96. The van der Waals surface area contributed by atoms with Crippen molar-refractivity contribution in [2.75, 3.05) is 26.2 Å². The highest BCUT2D eigenvalue weighted by Crippen LogP contribution is 2.33. The Morgan fingerprint density at radius 1 is 1.18 bits per heavy atom. The number of aliphatic hydroxyl groups is 1. The van der Waals surface area contributed by atoms with Gasteiger partial charge in [0.05, 0.1) is 5.60 Å². The van der Waals surface area contributed by atoms with E-state index in [1.807, 2.05) is 23.1 Å². The van der Waals surface area contributed by atoms with E-state index in [2.05, 4.69) is 42.6 Å². The van der Waals surface area contributed by atoms with Crippen LogP contribution < -0.4 is 5.32 Å². The highest BCUT2D eigenvalue weighted by atomic mass is 35.5. The zero-order chi connectivity index (χ0) is 18.9. The third-order valence-corrected chi connectivity index (χ3v) is 6.19. The van der Waals surface area contributed by atoms with E-state index in [4.69, 9.17) is 0 Å². The predicted molar refractivity (Wildman–Crippen MR) is 114 cm³/mol. The zero-order valence-corrected chi connectivity index (χ0v) is 17.2. The van der Waals surface area contributed by atoms with Gasteiger partial charge in [-0.15, -0.1) is 12.4 Å². The van der Waals surface area contributed by atoms with Gasteiger partial charge in [0.25, 0.3) is 5.91 Å². The summed E-state index contributed by atoms with van der Waals surface area (Å²) in [5.41, 5.74) is 3.69. The minimum atomic E-state index is -0.608. The predicted octanol–water partition coefficient (Wildman–Crippen LogP) is 3.19. The molecule has 2 N–H and O–H groups in total. The molecule has 2 saturated heterocycles. The molecular formula is C23H29ClN2O2. The van der Waals surface area contributed by atoms with Gasteiger partial charge < -0.3 is 15.3 Å². The molecule has 0 unspecified atom stereocenters. The van der Waals surface area contributed by atoms with Crippen molar-refractivity contribution in [2.45, 2.75) is 31.8 Å². The standard InChI is InChI=1S/C23H28N2O2.ClH/c1-17-6-8-18(9-7-17)14-19-4-2-3-5-21(19)22(26)25-13-11-23(27)10-12-24-15-20(23)16-25;/h2-9,20,24,27H,10-16H2,1H3;1H/t20-,23-;/m0./s1. The fraction of sp³-hybridized carbons (Fsp3) is 0.435. The SMILES string of the molecule is Cc1ccc(Cc2ccccc2C(=O)N2CC[C@@]3(O)CCNC[C@H]3C2)cc1.Cl. The van der Waals surface area contributed by atoms with Gasteiger partial charge in [0.2, 0.25) is 0 Å². The van der Waals surface area contributed by atoms with Crippen LogP contribution in [0.1, 0.15) is 39.9 Å². The average molecular weight is 401 g/mol. The number of aryl methyl sites for hydroxylation is 1. The van der Waals surface area contributed by atoms with Crippen molar-refractivity contribution in [1.82, 2.24) is 10.2 Å². The van der Waals surface area contributed by atoms with Crippen molar-refractivity contribution in [2.24, 2.45) is 5.92 Å². The first-order chi connectivity index (χ1) is 13.0. The van der Waals surface area contributed by atoms with Gasteiger partial charge in [0, 0.05) is 31.1 Å². The van der Waals surface area contributed by atoms with Gasteiger partial charge in [-0.2, -0.15) is 0 Å². The van der Waals surface area contributed by atoms with Gasteiger partial charge in [-0.25, -0.2) is 0 Å². The number of halogens is 1. The molecule has 4 rings (SSSR count). The summed E-state index contributed by atoms with van der Waals surface area (Å²) in [4.78, 5) is 15.2. The van der Waals surface area contributed by atoms with Crippen LogP contribution in [0.3, 0.4) is 0 Å². The number of nitrogens with zero attached hydrogens (tertiary/aromatic N) is 1. The molecule has 2 aromatic carbocycles. The number of piperidine rings is 2. The summed E-state index contributed by atoms with van der Waals surface area (Å²) in [6, 6.07) is 16.4. The van der Waals surface area contributed by atoms with Crippen LogP contribution in [-0.4, -0.2) is 47.7 Å². The van der Waals surface area contributed by atoms with Gasteiger partial charge in [-0.1, -0.05) is 48.0 Å². The Labute approximate surface area is 173 Å². The molecule has 2 heterocycles. The van der Waals surface area contributed by atoms with Crippen LogP contribution in [0.2, 0.25) is 0 Å². The molecule has 1 amide bonds. The van der Waals surface area contributed by atoms with E-state index in [9.17, 15) is 9.90 Å². The summed E-state index contributed by atoms with van der Waals surface area (Å²) in [7, 11) is 0. The number of likely N-dealkylation sites (tertiary alicyclic amines) is 1. The summed E-state index contributed by atoms with van der Waals surface area (Å²) < 4.78 is 0. The van der Waals surface area contributed by atoms with Gasteiger partial charge in [-0.3, -0.25) is 4.79 Å². The summed E-state index contributed by atoms with van der Waals surface area (Å²) >= 11 is 0. The molecule has 2 aliphatic heterocycles. The van der Waals surface area contributed by atoms with Crippen molar-refractivity contribution in [1.29, 1.82) is 0 Å². The van der Waals surface area contributed by atoms with E-state index in [0.717, 1.165) is 37.1 Å². The largest absolute Gasteiger partial charge is 0.389 e. The van der Waals surface area contributed by atoms with Crippen molar-refractivity contribution >= 4 is 18.3 Å². The number of hydrogen-bond donors (Lipinski definition) is 2. The molecule has 0 spiro atoms. The second kappa shape index (κ2) is 8.64. The Balaban J connectivity index is 0.00000225. The number of carbonyl (C=O) groups is 1. The molecule has 0 saturated carbocycles. The molecule has 28 heavy (non-hydrogen) atoms. The zero-order valence-electron chi connectivity index (χ0n) is 16.4. The van der Waals surface area contributed by atoms with Crippen LogP contribution in [0, 0.1) is 12.8 Å². The van der Waals surface area contributed by atoms with Crippen molar-refractivity contribution in [3.05, 3.63) is 70.8 Å². The molecule has 2 aliphatic rings. The first-order valence-corrected chi connectivity index (χ1v) is 9.91. The summed E-state index contributed by atoms with van der Waals surface area (Å²) in [5.74, 6) is 0.207. The van der Waals surface area contributed by atoms with Crippen LogP contribution >= 0.6 is 12.4 Å². The Morgan fingerprint density at radius 2 is 1.93 bits per heavy atom. The van der Waals surface area contributed by atoms with Gasteiger partial charge in [0.15, 0.2) is 0 Å². The molecule has 2 aromatic rings. The second-order valence-electron chi connectivity index (χ2n) is 8.08. The number of amides is 1. The second-order valence-corrected chi connectivity index (χ2v) is 8.08. The fourth-order valence-corrected chi connectivity index (χ4v) is 4.39. The van der Waals surface area contributed by atoms with Crippen molar-refractivity contribution in [3.63, 3.8) is 0 Å². The third-order valence-electron chi connectivity index (χ3n) is 6.19. The van der Waals surface area contributed by atoms with Crippen molar-refractivity contribution < 1.29 is 9.90 Å². The molecule has 4 nitrogen and oxygen atoms in total. The van der Waals surface area contributed by atoms with E-state index < -0.39 is 5.60 Å². The molecule has 2 fully saturated rings. The summed E-state index contributed by atoms with van der Waals surface area (Å²) in [6.07, 6.45) is 2.21. The van der Waals surface area contributed by atoms with E-state index in [0.29, 0.717) is 19.5 Å². The van der Waals surface area contributed by atoms with Gasteiger partial charge >= 0.3 is 0 Å². The monoisotopic (exact) mass is 400 g/mol. The maximum atomic E-state index is 13.3. The third kappa shape index (κ3) is 4.24. The van der Waals surface area contributed by atoms with Crippen LogP contribution in [0.5, 0.6) is 0 Å². The molecule has 5 heteroatoms. The molecular weight excluding hydrogens is 372 g/mol. The fourth-order valence-electron chi connectivity index (χ4n) is 4.39. The lowest BCUT2D eigenvalue weighted by atomic mass is 9.76. The van der Waals surface area contributed by atoms with Crippen LogP contribution in [0.25, 0.3) is 0 Å². The maximum Gasteiger partial charge on any atom is 0.254 e. The molecule has 0 aromatic heterocycles. The summed E-state index contributed by atoms with van der Waals surface area (Å²) in [6.45, 7) is 4.98. The minimum Gasteiger partial charge on any atom is -0.389 e. The number of fused-ring (bicyclic) bond motifs is 1. The number of carbonyl (C=O) groups excluding carboxylic acids is 1. The molecule has 0 aliphatic carbocycles. The van der Waals surface area contributed by atoms with Gasteiger partial charge in [0.1, 0.15) is 0 Å². The lowest BCUT2D eigenvalue weighted by molar-refractivity contribution is -0.0817. The first-order valence-electron chi connectivity index (χ1n) is 9.91. The van der Waals surface area contributed by atoms with Crippen LogP contribution in [0.15, 0.2) is 48.5 Å². The minimum absolute atomic E-state index is 0. The molecule has 0 radical (unpaired) electrons.